The lowest BCUT2D eigenvalue weighted by molar-refractivity contribution is -0.116. The van der Waals surface area contributed by atoms with Crippen LogP contribution in [0.2, 0.25) is 0 Å². The maximum atomic E-state index is 11.7. The van der Waals surface area contributed by atoms with Gasteiger partial charge in [-0.3, -0.25) is 9.69 Å². The van der Waals surface area contributed by atoms with E-state index in [-0.39, 0.29) is 5.91 Å². The summed E-state index contributed by atoms with van der Waals surface area (Å²) in [5, 5.41) is 13.0. The van der Waals surface area contributed by atoms with Crippen LogP contribution in [0.3, 0.4) is 0 Å². The number of carbonyl (C=O) groups excluding carboxylic acids is 1. The van der Waals surface area contributed by atoms with E-state index in [1.54, 1.807) is 11.8 Å². The highest BCUT2D eigenvalue weighted by Gasteiger charge is 2.34. The van der Waals surface area contributed by atoms with Crippen LogP contribution < -0.4 is 4.90 Å². The van der Waals surface area contributed by atoms with E-state index in [0.29, 0.717) is 34.6 Å². The van der Waals surface area contributed by atoms with Crippen molar-refractivity contribution in [3.8, 4) is 0 Å². The molecule has 1 aliphatic rings. The van der Waals surface area contributed by atoms with E-state index in [9.17, 15) is 4.79 Å². The van der Waals surface area contributed by atoms with E-state index in [4.69, 9.17) is 4.52 Å². The Morgan fingerprint density at radius 2 is 2.22 bits per heavy atom. The maximum absolute atomic E-state index is 11.7. The van der Waals surface area contributed by atoms with Crippen LogP contribution in [0.25, 0.3) is 0 Å². The van der Waals surface area contributed by atoms with E-state index in [1.807, 2.05) is 0 Å². The molecule has 0 aliphatic heterocycles. The Labute approximate surface area is 142 Å². The first-order valence-electron chi connectivity index (χ1n) is 7.60. The van der Waals surface area contributed by atoms with Gasteiger partial charge in [-0.2, -0.15) is 4.98 Å². The summed E-state index contributed by atoms with van der Waals surface area (Å²) in [6.45, 7) is 5.80. The average Bonchev–Trinajstić information content (AvgIpc) is 3.02. The van der Waals surface area contributed by atoms with Gasteiger partial charge in [0, 0.05) is 19.4 Å². The van der Waals surface area contributed by atoms with Crippen LogP contribution in [0.4, 0.5) is 5.13 Å². The van der Waals surface area contributed by atoms with Crippen LogP contribution in [0.15, 0.2) is 8.86 Å². The Bertz CT molecular complexity index is 680. The third-order valence-electron chi connectivity index (χ3n) is 3.27. The molecule has 0 atom stereocenters. The molecule has 1 amide bonds. The van der Waals surface area contributed by atoms with Gasteiger partial charge in [-0.15, -0.1) is 10.2 Å². The monoisotopic (exact) mass is 353 g/mol. The minimum Gasteiger partial charge on any atom is -0.339 e. The summed E-state index contributed by atoms with van der Waals surface area (Å²) in [5.41, 5.74) is 0. The number of hydrogen-bond acceptors (Lipinski definition) is 8. The Morgan fingerprint density at radius 1 is 1.43 bits per heavy atom. The number of carbonyl (C=O) groups is 1. The highest BCUT2D eigenvalue weighted by molar-refractivity contribution is 8.00. The fourth-order valence-electron chi connectivity index (χ4n) is 2.15. The quantitative estimate of drug-likeness (QED) is 0.559. The second kappa shape index (κ2) is 6.96. The average molecular weight is 353 g/mol. The lowest BCUT2D eigenvalue weighted by Crippen LogP contribution is -2.30. The molecule has 0 bridgehead atoms. The van der Waals surface area contributed by atoms with E-state index in [1.165, 1.54) is 23.1 Å². The van der Waals surface area contributed by atoms with Crippen LogP contribution in [-0.4, -0.2) is 32.3 Å². The molecular formula is C14H19N5O2S2. The van der Waals surface area contributed by atoms with E-state index in [2.05, 4.69) is 34.2 Å². The van der Waals surface area contributed by atoms with Gasteiger partial charge in [-0.25, -0.2) is 0 Å². The highest BCUT2D eigenvalue weighted by atomic mass is 32.2. The van der Waals surface area contributed by atoms with Crippen molar-refractivity contribution in [2.75, 3.05) is 4.90 Å². The fourth-order valence-corrected chi connectivity index (χ4v) is 3.95. The molecule has 0 spiro atoms. The van der Waals surface area contributed by atoms with Crippen molar-refractivity contribution in [2.45, 2.75) is 56.2 Å². The number of amides is 1. The molecule has 3 rings (SSSR count). The normalized spacial score (nSPS) is 14.4. The summed E-state index contributed by atoms with van der Waals surface area (Å²) in [6.07, 6.45) is 2.88. The molecule has 0 unspecified atom stereocenters. The zero-order chi connectivity index (χ0) is 16.4. The van der Waals surface area contributed by atoms with Crippen molar-refractivity contribution >= 4 is 34.1 Å². The Hall–Kier alpha value is -1.48. The lowest BCUT2D eigenvalue weighted by Gasteiger charge is -2.15. The molecule has 124 valence electrons. The molecule has 7 nitrogen and oxygen atoms in total. The second-order valence-corrected chi connectivity index (χ2v) is 8.14. The fraction of sp³-hybridized carbons (Fsp3) is 0.643. The van der Waals surface area contributed by atoms with Gasteiger partial charge in [0.2, 0.25) is 16.9 Å². The zero-order valence-corrected chi connectivity index (χ0v) is 15.0. The van der Waals surface area contributed by atoms with Crippen LogP contribution in [-0.2, 0) is 17.0 Å². The number of hydrogen-bond donors (Lipinski definition) is 0. The number of aromatic nitrogens is 4. The van der Waals surface area contributed by atoms with E-state index in [0.717, 1.165) is 23.6 Å². The van der Waals surface area contributed by atoms with Crippen LogP contribution in [0.5, 0.6) is 0 Å². The molecule has 0 N–H and O–H groups in total. The molecule has 2 aromatic heterocycles. The van der Waals surface area contributed by atoms with Gasteiger partial charge >= 0.3 is 0 Å². The molecule has 0 radical (unpaired) electrons. The summed E-state index contributed by atoms with van der Waals surface area (Å²) in [6, 6.07) is 0.300. The molecule has 1 fully saturated rings. The van der Waals surface area contributed by atoms with Crippen molar-refractivity contribution in [3.05, 3.63) is 11.7 Å². The van der Waals surface area contributed by atoms with Gasteiger partial charge in [-0.1, -0.05) is 42.1 Å². The SMILES string of the molecule is CC(=O)N(c1nnc(SCc2noc(CC(C)C)n2)s1)C1CC1. The van der Waals surface area contributed by atoms with E-state index >= 15 is 0 Å². The highest BCUT2D eigenvalue weighted by Crippen LogP contribution is 2.36. The zero-order valence-electron chi connectivity index (χ0n) is 13.4. The van der Waals surface area contributed by atoms with Crippen LogP contribution in [0.1, 0.15) is 45.3 Å². The Morgan fingerprint density at radius 3 is 2.87 bits per heavy atom. The minimum absolute atomic E-state index is 0.0247. The number of thioether (sulfide) groups is 1. The number of anilines is 1. The second-order valence-electron chi connectivity index (χ2n) is 5.96. The van der Waals surface area contributed by atoms with Crippen molar-refractivity contribution in [2.24, 2.45) is 5.92 Å². The molecule has 2 heterocycles. The van der Waals surface area contributed by atoms with E-state index < -0.39 is 0 Å². The van der Waals surface area contributed by atoms with Crippen molar-refractivity contribution < 1.29 is 9.32 Å². The third kappa shape index (κ3) is 4.29. The van der Waals surface area contributed by atoms with Gasteiger partial charge in [-0.05, 0) is 18.8 Å². The Kier molecular flexibility index (Phi) is 4.96. The predicted octanol–water partition coefficient (Wildman–Crippen LogP) is 2.93. The van der Waals surface area contributed by atoms with Crippen molar-refractivity contribution in [3.63, 3.8) is 0 Å². The van der Waals surface area contributed by atoms with Gasteiger partial charge < -0.3 is 4.52 Å². The summed E-state index contributed by atoms with van der Waals surface area (Å²) < 4.78 is 6.03. The van der Waals surface area contributed by atoms with Gasteiger partial charge in [0.1, 0.15) is 0 Å². The molecule has 9 heteroatoms. The summed E-state index contributed by atoms with van der Waals surface area (Å²) in [7, 11) is 0. The van der Waals surface area contributed by atoms with Crippen LogP contribution >= 0.6 is 23.1 Å². The number of nitrogens with zero attached hydrogens (tertiary/aromatic N) is 5. The minimum atomic E-state index is 0.0247. The topological polar surface area (TPSA) is 85.0 Å². The van der Waals surface area contributed by atoms with Crippen molar-refractivity contribution in [1.82, 2.24) is 20.3 Å². The first-order valence-corrected chi connectivity index (χ1v) is 9.40. The van der Waals surface area contributed by atoms with Crippen molar-refractivity contribution in [1.29, 1.82) is 0 Å². The molecular weight excluding hydrogens is 334 g/mol. The predicted molar refractivity (Wildman–Crippen MR) is 88.5 cm³/mol. The molecule has 0 saturated heterocycles. The summed E-state index contributed by atoms with van der Waals surface area (Å²) in [5.74, 6) is 2.43. The third-order valence-corrected chi connectivity index (χ3v) is 5.32. The Balaban J connectivity index is 1.58. The molecule has 23 heavy (non-hydrogen) atoms. The first kappa shape index (κ1) is 16.4. The smallest absolute Gasteiger partial charge is 0.226 e. The maximum Gasteiger partial charge on any atom is 0.226 e. The number of rotatable bonds is 7. The van der Waals surface area contributed by atoms with Gasteiger partial charge in [0.15, 0.2) is 10.2 Å². The lowest BCUT2D eigenvalue weighted by atomic mass is 10.1. The largest absolute Gasteiger partial charge is 0.339 e. The summed E-state index contributed by atoms with van der Waals surface area (Å²) in [4.78, 5) is 17.8. The molecule has 2 aromatic rings. The molecule has 0 aromatic carbocycles. The first-order chi connectivity index (χ1) is 11.0. The van der Waals surface area contributed by atoms with Crippen LogP contribution in [0, 0.1) is 5.92 Å². The van der Waals surface area contributed by atoms with Gasteiger partial charge in [0.05, 0.1) is 5.75 Å². The van der Waals surface area contributed by atoms with Gasteiger partial charge in [0.25, 0.3) is 0 Å². The standard InChI is InChI=1S/C14H19N5O2S2/c1-8(2)6-12-15-11(18-21-12)7-22-14-17-16-13(23-14)19(9(3)20)10-4-5-10/h8,10H,4-7H2,1-3H3. The summed E-state index contributed by atoms with van der Waals surface area (Å²) >= 11 is 2.94. The molecule has 1 saturated carbocycles. The molecule has 1 aliphatic carbocycles.